The van der Waals surface area contributed by atoms with Gasteiger partial charge in [-0.1, -0.05) is 0 Å². The molecule has 0 bridgehead atoms. The molecule has 3 nitrogen and oxygen atoms in total. The fourth-order valence-corrected chi connectivity index (χ4v) is 1.22. The second-order valence-electron chi connectivity index (χ2n) is 2.62. The van der Waals surface area contributed by atoms with Crippen molar-refractivity contribution < 1.29 is 4.79 Å². The van der Waals surface area contributed by atoms with E-state index in [2.05, 4.69) is 4.98 Å². The lowest BCUT2D eigenvalue weighted by molar-refractivity contribution is 0.0941. The normalized spacial score (nSPS) is 10.4. The molecule has 0 saturated heterocycles. The molecule has 60 valence electrons. The molecule has 0 fully saturated rings. The maximum atomic E-state index is 11.0. The number of hydrogen-bond donors (Lipinski definition) is 0. The van der Waals surface area contributed by atoms with Crippen molar-refractivity contribution in [3.63, 3.8) is 0 Å². The summed E-state index contributed by atoms with van der Waals surface area (Å²) >= 11 is 0. The van der Waals surface area contributed by atoms with Crippen LogP contribution in [0.2, 0.25) is 0 Å². The summed E-state index contributed by atoms with van der Waals surface area (Å²) in [6.07, 6.45) is 3.42. The number of pyridine rings is 1. The van der Waals surface area contributed by atoms with Gasteiger partial charge in [0.2, 0.25) is 5.91 Å². The first-order valence-corrected chi connectivity index (χ1v) is 3.72. The van der Waals surface area contributed by atoms with Gasteiger partial charge in [-0.05, 0) is 18.2 Å². The number of fused-ring (bicyclic) bond motifs is 1. The Labute approximate surface area is 69.6 Å². The molecule has 12 heavy (non-hydrogen) atoms. The van der Waals surface area contributed by atoms with Crippen LogP contribution in [-0.2, 0) is 0 Å². The van der Waals surface area contributed by atoms with E-state index in [0.717, 1.165) is 11.0 Å². The number of aromatic nitrogens is 2. The van der Waals surface area contributed by atoms with E-state index in [-0.39, 0.29) is 5.91 Å². The first-order chi connectivity index (χ1) is 5.79. The molecule has 0 unspecified atom stereocenters. The third-order valence-corrected chi connectivity index (χ3v) is 1.79. The van der Waals surface area contributed by atoms with Crippen LogP contribution in [0.15, 0.2) is 30.6 Å². The Morgan fingerprint density at radius 1 is 1.50 bits per heavy atom. The smallest absolute Gasteiger partial charge is 0.229 e. The molecule has 0 N–H and O–H groups in total. The molecule has 0 atom stereocenters. The molecule has 3 heteroatoms. The average molecular weight is 160 g/mol. The third kappa shape index (κ3) is 0.906. The van der Waals surface area contributed by atoms with Gasteiger partial charge in [0.1, 0.15) is 5.65 Å². The van der Waals surface area contributed by atoms with Crippen LogP contribution in [0, 0.1) is 0 Å². The van der Waals surface area contributed by atoms with Crippen molar-refractivity contribution in [3.8, 4) is 0 Å². The Bertz CT molecular complexity index is 431. The standard InChI is InChI=1S/C9H8N2O/c1-7(12)11-6-4-8-3-2-5-10-9(8)11/h2-6H,1H3. The van der Waals surface area contributed by atoms with Crippen LogP contribution in [0.3, 0.4) is 0 Å². The van der Waals surface area contributed by atoms with Crippen molar-refractivity contribution in [1.29, 1.82) is 0 Å². The monoisotopic (exact) mass is 160 g/mol. The summed E-state index contributed by atoms with van der Waals surface area (Å²) in [6, 6.07) is 5.66. The third-order valence-electron chi connectivity index (χ3n) is 1.79. The predicted molar refractivity (Wildman–Crippen MR) is 46.0 cm³/mol. The van der Waals surface area contributed by atoms with Crippen molar-refractivity contribution in [3.05, 3.63) is 30.6 Å². The van der Waals surface area contributed by atoms with Gasteiger partial charge in [0.25, 0.3) is 0 Å². The molecular formula is C9H8N2O. The van der Waals surface area contributed by atoms with Crippen LogP contribution in [0.1, 0.15) is 11.7 Å². The van der Waals surface area contributed by atoms with E-state index >= 15 is 0 Å². The highest BCUT2D eigenvalue weighted by Gasteiger charge is 2.03. The minimum absolute atomic E-state index is 0.0105. The summed E-state index contributed by atoms with van der Waals surface area (Å²) < 4.78 is 1.54. The largest absolute Gasteiger partial charge is 0.274 e. The van der Waals surface area contributed by atoms with Gasteiger partial charge in [-0.25, -0.2) is 4.98 Å². The molecule has 2 aromatic heterocycles. The summed E-state index contributed by atoms with van der Waals surface area (Å²) in [6.45, 7) is 1.52. The summed E-state index contributed by atoms with van der Waals surface area (Å²) in [4.78, 5) is 15.1. The van der Waals surface area contributed by atoms with Crippen LogP contribution in [-0.4, -0.2) is 15.5 Å². The number of nitrogens with zero attached hydrogens (tertiary/aromatic N) is 2. The number of hydrogen-bond acceptors (Lipinski definition) is 2. The fourth-order valence-electron chi connectivity index (χ4n) is 1.22. The van der Waals surface area contributed by atoms with Crippen molar-refractivity contribution in [1.82, 2.24) is 9.55 Å². The molecule has 0 radical (unpaired) electrons. The average Bonchev–Trinajstić information content (AvgIpc) is 2.47. The van der Waals surface area contributed by atoms with Gasteiger partial charge in [0.15, 0.2) is 0 Å². The minimum Gasteiger partial charge on any atom is -0.274 e. The zero-order valence-electron chi connectivity index (χ0n) is 6.69. The zero-order chi connectivity index (χ0) is 8.55. The van der Waals surface area contributed by atoms with Crippen LogP contribution >= 0.6 is 0 Å². The lowest BCUT2D eigenvalue weighted by atomic mass is 10.3. The van der Waals surface area contributed by atoms with Gasteiger partial charge in [-0.2, -0.15) is 0 Å². The van der Waals surface area contributed by atoms with Gasteiger partial charge in [0.05, 0.1) is 0 Å². The van der Waals surface area contributed by atoms with Gasteiger partial charge in [0, 0.05) is 24.7 Å². The molecule has 0 aliphatic carbocycles. The van der Waals surface area contributed by atoms with E-state index in [1.54, 1.807) is 12.4 Å². The number of rotatable bonds is 0. The van der Waals surface area contributed by atoms with Gasteiger partial charge in [-0.3, -0.25) is 9.36 Å². The SMILES string of the molecule is CC(=O)n1ccc2cccnc21. The lowest BCUT2D eigenvalue weighted by Crippen LogP contribution is -2.03. The van der Waals surface area contributed by atoms with E-state index in [4.69, 9.17) is 0 Å². The van der Waals surface area contributed by atoms with E-state index in [0.29, 0.717) is 0 Å². The van der Waals surface area contributed by atoms with Crippen LogP contribution in [0.4, 0.5) is 0 Å². The van der Waals surface area contributed by atoms with E-state index < -0.39 is 0 Å². The summed E-state index contributed by atoms with van der Waals surface area (Å²) in [7, 11) is 0. The lowest BCUT2D eigenvalue weighted by Gasteiger charge is -1.95. The minimum atomic E-state index is -0.0105. The van der Waals surface area contributed by atoms with Crippen molar-refractivity contribution in [2.75, 3.05) is 0 Å². The quantitative estimate of drug-likeness (QED) is 0.587. The molecule has 0 spiro atoms. The van der Waals surface area contributed by atoms with Crippen molar-refractivity contribution in [2.24, 2.45) is 0 Å². The molecule has 0 aliphatic rings. The highest BCUT2D eigenvalue weighted by Crippen LogP contribution is 2.11. The molecule has 0 aromatic carbocycles. The zero-order valence-corrected chi connectivity index (χ0v) is 6.69. The van der Waals surface area contributed by atoms with Crippen molar-refractivity contribution in [2.45, 2.75) is 6.92 Å². The Morgan fingerprint density at radius 2 is 2.33 bits per heavy atom. The number of carbonyl (C=O) groups excluding carboxylic acids is 1. The van der Waals surface area contributed by atoms with Crippen LogP contribution in [0.25, 0.3) is 11.0 Å². The molecule has 2 heterocycles. The first kappa shape index (κ1) is 7.03. The highest BCUT2D eigenvalue weighted by molar-refractivity contribution is 5.88. The van der Waals surface area contributed by atoms with E-state index in [9.17, 15) is 4.79 Å². The fraction of sp³-hybridized carbons (Fsp3) is 0.111. The second kappa shape index (κ2) is 2.44. The maximum absolute atomic E-state index is 11.0. The molecular weight excluding hydrogens is 152 g/mol. The van der Waals surface area contributed by atoms with E-state index in [1.807, 2.05) is 18.2 Å². The van der Waals surface area contributed by atoms with Crippen LogP contribution in [0.5, 0.6) is 0 Å². The van der Waals surface area contributed by atoms with Crippen molar-refractivity contribution >= 4 is 16.9 Å². The summed E-state index contributed by atoms with van der Waals surface area (Å²) in [5.74, 6) is -0.0105. The maximum Gasteiger partial charge on any atom is 0.229 e. The second-order valence-corrected chi connectivity index (χ2v) is 2.62. The summed E-state index contributed by atoms with van der Waals surface area (Å²) in [5, 5.41) is 0.993. The first-order valence-electron chi connectivity index (χ1n) is 3.72. The Balaban J connectivity index is 2.79. The van der Waals surface area contributed by atoms with Gasteiger partial charge < -0.3 is 0 Å². The van der Waals surface area contributed by atoms with Gasteiger partial charge >= 0.3 is 0 Å². The van der Waals surface area contributed by atoms with E-state index in [1.165, 1.54) is 11.5 Å². The topological polar surface area (TPSA) is 34.9 Å². The van der Waals surface area contributed by atoms with Crippen LogP contribution < -0.4 is 0 Å². The Hall–Kier alpha value is -1.64. The molecule has 0 aliphatic heterocycles. The molecule has 2 aromatic rings. The highest BCUT2D eigenvalue weighted by atomic mass is 16.1. The Kier molecular flexibility index (Phi) is 1.43. The summed E-state index contributed by atoms with van der Waals surface area (Å²) in [5.41, 5.74) is 0.727. The van der Waals surface area contributed by atoms with Gasteiger partial charge in [-0.15, -0.1) is 0 Å². The number of carbonyl (C=O) groups is 1. The Morgan fingerprint density at radius 3 is 3.08 bits per heavy atom. The molecule has 2 rings (SSSR count). The molecule has 0 amide bonds. The predicted octanol–water partition coefficient (Wildman–Crippen LogP) is 1.70. The molecule has 0 saturated carbocycles.